The van der Waals surface area contributed by atoms with Crippen molar-refractivity contribution in [2.24, 2.45) is 0 Å². The summed E-state index contributed by atoms with van der Waals surface area (Å²) in [5, 5.41) is 18.8. The third kappa shape index (κ3) is 4.84. The number of para-hydroxylation sites is 1. The van der Waals surface area contributed by atoms with Crippen LogP contribution in [0.2, 0.25) is 0 Å². The molecule has 0 radical (unpaired) electrons. The second kappa shape index (κ2) is 8.67. The van der Waals surface area contributed by atoms with Crippen LogP contribution >= 0.6 is 12.2 Å². The van der Waals surface area contributed by atoms with Crippen LogP contribution in [0, 0.1) is 10.1 Å². The van der Waals surface area contributed by atoms with Gasteiger partial charge in [0.05, 0.1) is 4.92 Å². The summed E-state index contributed by atoms with van der Waals surface area (Å²) in [6.45, 7) is 2.31. The first-order valence-corrected chi connectivity index (χ1v) is 8.07. The normalized spacial score (nSPS) is 9.88. The highest BCUT2D eigenvalue weighted by Crippen LogP contribution is 2.17. The SMILES string of the molecule is CCNC(=O)c1cccc(NC(=S)NC(=O)c2ccccc2[N+](=O)[O-])c1. The van der Waals surface area contributed by atoms with Gasteiger partial charge in [0.1, 0.15) is 5.56 Å². The van der Waals surface area contributed by atoms with E-state index in [1.807, 2.05) is 6.92 Å². The fourth-order valence-corrected chi connectivity index (χ4v) is 2.37. The molecular formula is C17H16N4O4S. The molecule has 2 aromatic carbocycles. The Morgan fingerprint density at radius 3 is 2.54 bits per heavy atom. The van der Waals surface area contributed by atoms with Gasteiger partial charge >= 0.3 is 0 Å². The number of nitrogens with one attached hydrogen (secondary N) is 3. The summed E-state index contributed by atoms with van der Waals surface area (Å²) >= 11 is 5.07. The van der Waals surface area contributed by atoms with Crippen LogP contribution in [0.3, 0.4) is 0 Å². The van der Waals surface area contributed by atoms with Crippen LogP contribution in [0.4, 0.5) is 11.4 Å². The Labute approximate surface area is 154 Å². The van der Waals surface area contributed by atoms with Gasteiger partial charge in [-0.15, -0.1) is 0 Å². The van der Waals surface area contributed by atoms with Gasteiger partial charge in [-0.3, -0.25) is 25.0 Å². The van der Waals surface area contributed by atoms with Crippen molar-refractivity contribution >= 4 is 40.5 Å². The molecule has 8 nitrogen and oxygen atoms in total. The molecule has 0 aliphatic heterocycles. The van der Waals surface area contributed by atoms with Crippen LogP contribution in [0.15, 0.2) is 48.5 Å². The Morgan fingerprint density at radius 2 is 1.85 bits per heavy atom. The Morgan fingerprint density at radius 1 is 1.12 bits per heavy atom. The Bertz CT molecular complexity index is 869. The lowest BCUT2D eigenvalue weighted by atomic mass is 10.1. The lowest BCUT2D eigenvalue weighted by Crippen LogP contribution is -2.34. The van der Waals surface area contributed by atoms with Gasteiger partial charge in [0.25, 0.3) is 17.5 Å². The van der Waals surface area contributed by atoms with E-state index >= 15 is 0 Å². The van der Waals surface area contributed by atoms with Crippen molar-refractivity contribution in [1.82, 2.24) is 10.6 Å². The third-order valence-corrected chi connectivity index (χ3v) is 3.50. The number of nitro benzene ring substituents is 1. The number of amides is 2. The number of carbonyl (C=O) groups is 2. The van der Waals surface area contributed by atoms with Crippen LogP contribution in [-0.2, 0) is 0 Å². The Kier molecular flexibility index (Phi) is 6.34. The van der Waals surface area contributed by atoms with E-state index in [1.54, 1.807) is 24.3 Å². The first-order valence-electron chi connectivity index (χ1n) is 7.66. The highest BCUT2D eigenvalue weighted by molar-refractivity contribution is 7.80. The number of hydrogen-bond acceptors (Lipinski definition) is 5. The molecule has 134 valence electrons. The average molecular weight is 372 g/mol. The predicted octanol–water partition coefficient (Wildman–Crippen LogP) is 2.47. The van der Waals surface area contributed by atoms with Crippen molar-refractivity contribution in [3.05, 3.63) is 69.8 Å². The van der Waals surface area contributed by atoms with Crippen molar-refractivity contribution in [1.29, 1.82) is 0 Å². The van der Waals surface area contributed by atoms with E-state index in [2.05, 4.69) is 16.0 Å². The van der Waals surface area contributed by atoms with Gasteiger partial charge in [0.2, 0.25) is 0 Å². The van der Waals surface area contributed by atoms with Crippen molar-refractivity contribution in [3.63, 3.8) is 0 Å². The molecule has 2 aromatic rings. The molecule has 0 fully saturated rings. The van der Waals surface area contributed by atoms with E-state index in [0.717, 1.165) is 0 Å². The fourth-order valence-electron chi connectivity index (χ4n) is 2.16. The summed E-state index contributed by atoms with van der Waals surface area (Å²) in [7, 11) is 0. The average Bonchev–Trinajstić information content (AvgIpc) is 2.62. The number of thiocarbonyl (C=S) groups is 1. The van der Waals surface area contributed by atoms with Crippen LogP contribution in [0.5, 0.6) is 0 Å². The van der Waals surface area contributed by atoms with Crippen LogP contribution < -0.4 is 16.0 Å². The van der Waals surface area contributed by atoms with Crippen LogP contribution in [0.1, 0.15) is 27.6 Å². The number of nitrogens with zero attached hydrogens (tertiary/aromatic N) is 1. The lowest BCUT2D eigenvalue weighted by molar-refractivity contribution is -0.385. The second-order valence-electron chi connectivity index (χ2n) is 5.12. The maximum Gasteiger partial charge on any atom is 0.282 e. The highest BCUT2D eigenvalue weighted by atomic mass is 32.1. The number of hydrogen-bond donors (Lipinski definition) is 3. The van der Waals surface area contributed by atoms with E-state index in [-0.39, 0.29) is 22.3 Å². The zero-order valence-corrected chi connectivity index (χ0v) is 14.6. The standard InChI is InChI=1S/C17H16N4O4S/c1-2-18-15(22)11-6-5-7-12(10-11)19-17(26)20-16(23)13-8-3-4-9-14(13)21(24)25/h3-10H,2H2,1H3,(H,18,22)(H2,19,20,23,26). The van der Waals surface area contributed by atoms with Gasteiger partial charge in [-0.1, -0.05) is 18.2 Å². The van der Waals surface area contributed by atoms with Crippen molar-refractivity contribution in [2.75, 3.05) is 11.9 Å². The summed E-state index contributed by atoms with van der Waals surface area (Å²) in [6.07, 6.45) is 0. The molecule has 26 heavy (non-hydrogen) atoms. The lowest BCUT2D eigenvalue weighted by Gasteiger charge is -2.11. The van der Waals surface area contributed by atoms with Crippen molar-refractivity contribution in [2.45, 2.75) is 6.92 Å². The van der Waals surface area contributed by atoms with Gasteiger partial charge in [0.15, 0.2) is 5.11 Å². The number of benzene rings is 2. The maximum atomic E-state index is 12.2. The molecule has 9 heteroatoms. The smallest absolute Gasteiger partial charge is 0.282 e. The molecule has 0 bridgehead atoms. The van der Waals surface area contributed by atoms with E-state index in [1.165, 1.54) is 24.3 Å². The van der Waals surface area contributed by atoms with Gasteiger partial charge in [-0.05, 0) is 43.4 Å². The van der Waals surface area contributed by atoms with Gasteiger partial charge in [-0.25, -0.2) is 0 Å². The molecule has 0 unspecified atom stereocenters. The summed E-state index contributed by atoms with van der Waals surface area (Å²) in [5.41, 5.74) is 0.523. The number of nitro groups is 1. The third-order valence-electron chi connectivity index (χ3n) is 3.29. The quantitative estimate of drug-likeness (QED) is 0.422. The van der Waals surface area contributed by atoms with Crippen molar-refractivity contribution in [3.8, 4) is 0 Å². The fraction of sp³-hybridized carbons (Fsp3) is 0.118. The minimum absolute atomic E-state index is 0.0406. The molecule has 0 atom stereocenters. The molecule has 0 saturated carbocycles. The monoisotopic (exact) mass is 372 g/mol. The van der Waals surface area contributed by atoms with Crippen LogP contribution in [-0.4, -0.2) is 28.4 Å². The van der Waals surface area contributed by atoms with E-state index in [9.17, 15) is 19.7 Å². The molecule has 2 amide bonds. The summed E-state index contributed by atoms with van der Waals surface area (Å²) in [5.74, 6) is -0.930. The summed E-state index contributed by atoms with van der Waals surface area (Å²) < 4.78 is 0. The molecule has 2 rings (SSSR count). The molecule has 0 aliphatic rings. The Balaban J connectivity index is 2.08. The Hall–Kier alpha value is -3.33. The minimum atomic E-state index is -0.699. The van der Waals surface area contributed by atoms with E-state index in [4.69, 9.17) is 12.2 Å². The van der Waals surface area contributed by atoms with Gasteiger partial charge in [0, 0.05) is 23.9 Å². The zero-order chi connectivity index (χ0) is 19.1. The van der Waals surface area contributed by atoms with Gasteiger partial charge < -0.3 is 10.6 Å². The molecule has 0 aromatic heterocycles. The maximum absolute atomic E-state index is 12.2. The first-order chi connectivity index (χ1) is 12.4. The number of anilines is 1. The topological polar surface area (TPSA) is 113 Å². The minimum Gasteiger partial charge on any atom is -0.352 e. The largest absolute Gasteiger partial charge is 0.352 e. The molecule has 0 spiro atoms. The summed E-state index contributed by atoms with van der Waals surface area (Å²) in [6, 6.07) is 12.1. The highest BCUT2D eigenvalue weighted by Gasteiger charge is 2.19. The number of rotatable bonds is 5. The predicted molar refractivity (Wildman–Crippen MR) is 101 cm³/mol. The summed E-state index contributed by atoms with van der Waals surface area (Å²) in [4.78, 5) is 34.4. The molecule has 3 N–H and O–H groups in total. The van der Waals surface area contributed by atoms with E-state index < -0.39 is 10.8 Å². The van der Waals surface area contributed by atoms with E-state index in [0.29, 0.717) is 17.8 Å². The second-order valence-corrected chi connectivity index (χ2v) is 5.53. The van der Waals surface area contributed by atoms with Crippen LogP contribution in [0.25, 0.3) is 0 Å². The molecule has 0 saturated heterocycles. The number of carbonyl (C=O) groups excluding carboxylic acids is 2. The molecule has 0 heterocycles. The first kappa shape index (κ1) is 19.0. The molecular weight excluding hydrogens is 356 g/mol. The zero-order valence-electron chi connectivity index (χ0n) is 13.8. The molecule has 0 aliphatic carbocycles. The van der Waals surface area contributed by atoms with Gasteiger partial charge in [-0.2, -0.15) is 0 Å². The van der Waals surface area contributed by atoms with Crippen molar-refractivity contribution < 1.29 is 14.5 Å².